The van der Waals surface area contributed by atoms with Crippen LogP contribution in [0.3, 0.4) is 0 Å². The second-order valence-corrected chi connectivity index (χ2v) is 22.7. The molecule has 1 aliphatic rings. The molecule has 0 radical (unpaired) electrons. The predicted molar refractivity (Wildman–Crippen MR) is 293 cm³/mol. The van der Waals surface area contributed by atoms with E-state index in [1.165, 1.54) is 22.3 Å². The van der Waals surface area contributed by atoms with Gasteiger partial charge in [0.1, 0.15) is 24.0 Å². The Bertz CT molecular complexity index is 3640. The number of pyridine rings is 1. The maximum atomic E-state index is 9.25. The number of aromatic nitrogens is 2. The lowest BCUT2D eigenvalue weighted by Crippen LogP contribution is -2.25. The average molecular weight is 912 g/mol. The summed E-state index contributed by atoms with van der Waals surface area (Å²) in [6.45, 7) is 27.1. The van der Waals surface area contributed by atoms with Crippen molar-refractivity contribution in [2.24, 2.45) is 0 Å². The van der Waals surface area contributed by atoms with Gasteiger partial charge in [0, 0.05) is 45.9 Å². The topological polar surface area (TPSA) is 33.5 Å². The van der Waals surface area contributed by atoms with Gasteiger partial charge in [0.25, 0.3) is 0 Å². The number of benzene rings is 7. The lowest BCUT2D eigenvalue weighted by molar-refractivity contribution is 0.483. The van der Waals surface area contributed by atoms with Gasteiger partial charge in [-0.05, 0) is 116 Å². The highest BCUT2D eigenvalue weighted by atomic mass is 16.5. The summed E-state index contributed by atoms with van der Waals surface area (Å²) in [5, 5.41) is 2.28. The predicted octanol–water partition coefficient (Wildman–Crippen LogP) is 17.7. The van der Waals surface area contributed by atoms with Crippen LogP contribution in [0.5, 0.6) is 11.5 Å². The summed E-state index contributed by atoms with van der Waals surface area (Å²) in [6.07, 6.45) is 1.91. The van der Waals surface area contributed by atoms with Crippen LogP contribution in [0.25, 0.3) is 49.9 Å². The van der Waals surface area contributed by atoms with Gasteiger partial charge in [0.05, 0.1) is 34.9 Å². The standard InChI is InChI=1S/C64H66N4O/c1-61(2,3)44-28-31-55-54(37-44)53-30-29-50(40-58(53)68(55)59-38-45(32-33-65-59)62(4,5)6)69-49-23-18-22-48(39-49)66-41-67(57-27-17-16-26-56(57)66)60-51(42-20-14-13-15-21-42)24-19-25-52(60)43-34-46(63(7,8)9)36-47(35-43)64(10,11)12/h13-40H,41H2,1-12H3/i13D,14D,15D,20D,21D. The van der Waals surface area contributed by atoms with Crippen LogP contribution in [0.15, 0.2) is 170 Å². The molecule has 69 heavy (non-hydrogen) atoms. The molecule has 0 atom stereocenters. The second-order valence-electron chi connectivity index (χ2n) is 22.7. The fourth-order valence-electron chi connectivity index (χ4n) is 9.56. The summed E-state index contributed by atoms with van der Waals surface area (Å²) in [5.41, 5.74) is 12.6. The van der Waals surface area contributed by atoms with Crippen LogP contribution in [-0.4, -0.2) is 16.2 Å². The average Bonchev–Trinajstić information content (AvgIpc) is 3.91. The molecule has 0 aliphatic carbocycles. The number of fused-ring (bicyclic) bond motifs is 4. The molecule has 1 aliphatic heterocycles. The molecule has 0 amide bonds. The first kappa shape index (κ1) is 39.8. The van der Waals surface area contributed by atoms with Gasteiger partial charge < -0.3 is 14.5 Å². The molecule has 0 saturated carbocycles. The van der Waals surface area contributed by atoms with Gasteiger partial charge >= 0.3 is 0 Å². The Morgan fingerprint density at radius 2 is 1.09 bits per heavy atom. The van der Waals surface area contributed by atoms with Gasteiger partial charge in [-0.25, -0.2) is 4.98 Å². The van der Waals surface area contributed by atoms with Crippen molar-refractivity contribution in [3.8, 4) is 39.6 Å². The van der Waals surface area contributed by atoms with E-state index in [1.54, 1.807) is 0 Å². The summed E-state index contributed by atoms with van der Waals surface area (Å²) < 4.78 is 53.6. The van der Waals surface area contributed by atoms with Crippen molar-refractivity contribution in [1.82, 2.24) is 9.55 Å². The Labute approximate surface area is 417 Å². The smallest absolute Gasteiger partial charge is 0.137 e. The Morgan fingerprint density at radius 1 is 0.478 bits per heavy atom. The van der Waals surface area contributed by atoms with Crippen LogP contribution in [0.4, 0.5) is 22.7 Å². The minimum absolute atomic E-state index is 0.0296. The molecular formula is C64H66N4O. The third kappa shape index (κ3) is 8.69. The van der Waals surface area contributed by atoms with Gasteiger partial charge in [-0.2, -0.15) is 0 Å². The van der Waals surface area contributed by atoms with Gasteiger partial charge in [0.15, 0.2) is 0 Å². The zero-order valence-electron chi connectivity index (χ0n) is 47.2. The van der Waals surface area contributed by atoms with Crippen molar-refractivity contribution < 1.29 is 11.6 Å². The molecule has 0 unspecified atom stereocenters. The summed E-state index contributed by atoms with van der Waals surface area (Å²) in [6, 6.07) is 44.9. The van der Waals surface area contributed by atoms with Gasteiger partial charge in [-0.15, -0.1) is 0 Å². The number of rotatable bonds is 7. The van der Waals surface area contributed by atoms with E-state index in [-0.39, 0.29) is 51.4 Å². The second kappa shape index (κ2) is 16.8. The molecule has 0 spiro atoms. The van der Waals surface area contributed by atoms with Crippen LogP contribution < -0.4 is 14.5 Å². The van der Waals surface area contributed by atoms with E-state index in [0.717, 1.165) is 61.5 Å². The summed E-state index contributed by atoms with van der Waals surface area (Å²) in [5.74, 6) is 2.21. The number of anilines is 4. The molecule has 3 heterocycles. The zero-order valence-corrected chi connectivity index (χ0v) is 42.2. The third-order valence-electron chi connectivity index (χ3n) is 13.6. The van der Waals surface area contributed by atoms with Crippen LogP contribution >= 0.6 is 0 Å². The number of ether oxygens (including phenoxy) is 1. The Balaban J connectivity index is 1.10. The van der Waals surface area contributed by atoms with Gasteiger partial charge in [0.2, 0.25) is 0 Å². The summed E-state index contributed by atoms with van der Waals surface area (Å²) in [7, 11) is 0. The minimum atomic E-state index is -0.422. The first-order valence-corrected chi connectivity index (χ1v) is 24.1. The molecule has 0 saturated heterocycles. The van der Waals surface area contributed by atoms with Gasteiger partial charge in [-0.1, -0.05) is 174 Å². The highest BCUT2D eigenvalue weighted by Crippen LogP contribution is 2.51. The van der Waals surface area contributed by atoms with Crippen LogP contribution in [0.1, 0.15) is 112 Å². The molecule has 0 fully saturated rings. The molecule has 2 aromatic heterocycles. The van der Waals surface area contributed by atoms with Crippen molar-refractivity contribution in [1.29, 1.82) is 0 Å². The molecule has 5 heteroatoms. The molecule has 0 bridgehead atoms. The van der Waals surface area contributed by atoms with E-state index >= 15 is 0 Å². The molecule has 348 valence electrons. The fourth-order valence-corrected chi connectivity index (χ4v) is 9.56. The molecular weight excluding hydrogens is 841 g/mol. The Kier molecular flexibility index (Phi) is 9.72. The van der Waals surface area contributed by atoms with Crippen LogP contribution in [0.2, 0.25) is 0 Å². The van der Waals surface area contributed by atoms with E-state index < -0.39 is 6.04 Å². The third-order valence-corrected chi connectivity index (χ3v) is 13.6. The van der Waals surface area contributed by atoms with Crippen molar-refractivity contribution in [3.05, 3.63) is 192 Å². The van der Waals surface area contributed by atoms with Crippen molar-refractivity contribution in [3.63, 3.8) is 0 Å². The molecule has 7 aromatic carbocycles. The zero-order chi connectivity index (χ0) is 53.0. The number of nitrogens with zero attached hydrogens (tertiary/aromatic N) is 4. The lowest BCUT2D eigenvalue weighted by atomic mass is 9.78. The molecule has 9 aromatic rings. The van der Waals surface area contributed by atoms with E-state index in [4.69, 9.17) is 13.8 Å². The largest absolute Gasteiger partial charge is 0.457 e. The van der Waals surface area contributed by atoms with Crippen LogP contribution in [-0.2, 0) is 21.7 Å². The van der Waals surface area contributed by atoms with E-state index in [1.807, 2.05) is 48.7 Å². The highest BCUT2D eigenvalue weighted by Gasteiger charge is 2.32. The monoisotopic (exact) mass is 912 g/mol. The summed E-state index contributed by atoms with van der Waals surface area (Å²) in [4.78, 5) is 9.42. The Morgan fingerprint density at radius 3 is 1.75 bits per heavy atom. The minimum Gasteiger partial charge on any atom is -0.457 e. The highest BCUT2D eigenvalue weighted by molar-refractivity contribution is 6.10. The SMILES string of the molecule is [2H]c1c([2H])c([2H])c(-c2cccc(-c3cc(C(C)(C)C)cc(C(C)(C)C)c3)c2N2CN(c3cccc(Oc4ccc5c6cc(C(C)(C)C)ccc6n(-c6cc(C(C)(C)C)ccn6)c5c4)c3)c3ccccc32)c([2H])c1[2H]. The lowest BCUT2D eigenvalue weighted by Gasteiger charge is -2.29. The normalized spacial score (nSPS) is 14.4. The molecule has 10 rings (SSSR count). The number of hydrogen-bond acceptors (Lipinski definition) is 4. The van der Waals surface area contributed by atoms with Crippen LogP contribution in [0, 0.1) is 0 Å². The van der Waals surface area contributed by atoms with Crippen molar-refractivity contribution in [2.45, 2.75) is 105 Å². The molecule has 0 N–H and O–H groups in total. The van der Waals surface area contributed by atoms with E-state index in [2.05, 4.69) is 188 Å². The quantitative estimate of drug-likeness (QED) is 0.160. The molecule has 5 nitrogen and oxygen atoms in total. The fraction of sp³-hybridized carbons (Fsp3) is 0.266. The van der Waals surface area contributed by atoms with Crippen molar-refractivity contribution >= 4 is 44.6 Å². The first-order valence-electron chi connectivity index (χ1n) is 26.6. The Hall–Kier alpha value is -7.11. The van der Waals surface area contributed by atoms with E-state index in [9.17, 15) is 2.74 Å². The summed E-state index contributed by atoms with van der Waals surface area (Å²) >= 11 is 0. The van der Waals surface area contributed by atoms with Gasteiger partial charge in [-0.3, -0.25) is 4.57 Å². The first-order chi connectivity index (χ1) is 34.8. The number of para-hydroxylation sites is 3. The van der Waals surface area contributed by atoms with E-state index in [0.29, 0.717) is 23.7 Å². The maximum absolute atomic E-state index is 9.25. The maximum Gasteiger partial charge on any atom is 0.137 e. The van der Waals surface area contributed by atoms with Crippen molar-refractivity contribution in [2.75, 3.05) is 16.5 Å². The number of hydrogen-bond donors (Lipinski definition) is 0.